The molecule has 0 aromatic heterocycles. The third-order valence-electron chi connectivity index (χ3n) is 8.41. The van der Waals surface area contributed by atoms with Gasteiger partial charge in [0.25, 0.3) is 0 Å². The van der Waals surface area contributed by atoms with Crippen molar-refractivity contribution in [2.75, 3.05) is 33.0 Å². The fraction of sp³-hybridized carbons (Fsp3) is 0.487. The van der Waals surface area contributed by atoms with Crippen LogP contribution in [0.25, 0.3) is 22.3 Å². The summed E-state index contributed by atoms with van der Waals surface area (Å²) < 4.78 is 66.7. The van der Waals surface area contributed by atoms with Gasteiger partial charge in [0.2, 0.25) is 6.10 Å². The molecule has 266 valence electrons. The number of halogens is 3. The molecule has 0 aliphatic carbocycles. The first-order chi connectivity index (χ1) is 23.6. The van der Waals surface area contributed by atoms with Gasteiger partial charge in [-0.2, -0.15) is 13.2 Å². The molecule has 4 rings (SSSR count). The zero-order valence-corrected chi connectivity index (χ0v) is 28.4. The minimum Gasteiger partial charge on any atom is -0.494 e. The van der Waals surface area contributed by atoms with Crippen molar-refractivity contribution in [3.63, 3.8) is 0 Å². The highest BCUT2D eigenvalue weighted by atomic mass is 19.4. The lowest BCUT2D eigenvalue weighted by Gasteiger charge is -2.37. The fourth-order valence-corrected chi connectivity index (χ4v) is 5.53. The molecule has 1 saturated heterocycles. The third-order valence-corrected chi connectivity index (χ3v) is 8.41. The van der Waals surface area contributed by atoms with Crippen LogP contribution < -0.4 is 4.74 Å². The molecule has 1 heterocycles. The van der Waals surface area contributed by atoms with Crippen molar-refractivity contribution in [3.05, 3.63) is 78.4 Å². The van der Waals surface area contributed by atoms with E-state index in [-0.39, 0.29) is 17.4 Å². The Hall–Kier alpha value is -3.89. The molecule has 0 N–H and O–H groups in total. The van der Waals surface area contributed by atoms with Gasteiger partial charge in [0, 0.05) is 12.0 Å². The Morgan fingerprint density at radius 1 is 0.816 bits per heavy atom. The second-order valence-electron chi connectivity index (χ2n) is 12.9. The van der Waals surface area contributed by atoms with E-state index in [0.717, 1.165) is 87.4 Å². The van der Waals surface area contributed by atoms with Gasteiger partial charge in [-0.15, -0.1) is 0 Å². The summed E-state index contributed by atoms with van der Waals surface area (Å²) >= 11 is 0. The zero-order valence-electron chi connectivity index (χ0n) is 28.4. The molecule has 0 unspecified atom stereocenters. The predicted molar refractivity (Wildman–Crippen MR) is 182 cm³/mol. The van der Waals surface area contributed by atoms with Crippen LogP contribution in [0.3, 0.4) is 0 Å². The lowest BCUT2D eigenvalue weighted by molar-refractivity contribution is -0.209. The summed E-state index contributed by atoms with van der Waals surface area (Å²) in [5.74, 6) is -0.361. The first-order valence-corrected chi connectivity index (χ1v) is 17.2. The molecular weight excluding hydrogens is 637 g/mol. The molecule has 1 fully saturated rings. The summed E-state index contributed by atoms with van der Waals surface area (Å²) in [7, 11) is 0. The lowest BCUT2D eigenvalue weighted by atomic mass is 9.90. The van der Waals surface area contributed by atoms with E-state index >= 15 is 0 Å². The summed E-state index contributed by atoms with van der Waals surface area (Å²) in [6.45, 7) is 7.80. The summed E-state index contributed by atoms with van der Waals surface area (Å²) in [4.78, 5) is 25.2. The molecule has 7 nitrogen and oxygen atoms in total. The monoisotopic (exact) mass is 684 g/mol. The van der Waals surface area contributed by atoms with E-state index in [1.165, 1.54) is 6.07 Å². The number of rotatable bonds is 19. The zero-order chi connectivity index (χ0) is 35.1. The van der Waals surface area contributed by atoms with E-state index < -0.39 is 30.8 Å². The summed E-state index contributed by atoms with van der Waals surface area (Å²) in [6.07, 6.45) is -2.64. The van der Waals surface area contributed by atoms with E-state index in [9.17, 15) is 22.8 Å². The maximum Gasteiger partial charge on any atom is 0.517 e. The Bertz CT molecular complexity index is 1450. The van der Waals surface area contributed by atoms with Crippen molar-refractivity contribution >= 4 is 12.1 Å². The Labute approximate surface area is 287 Å². The molecule has 0 bridgehead atoms. The summed E-state index contributed by atoms with van der Waals surface area (Å²) in [5, 5.41) is 0. The fourth-order valence-electron chi connectivity index (χ4n) is 5.53. The van der Waals surface area contributed by atoms with Crippen molar-refractivity contribution in [2.24, 2.45) is 5.41 Å². The van der Waals surface area contributed by atoms with Gasteiger partial charge in [-0.05, 0) is 78.6 Å². The highest BCUT2D eigenvalue weighted by molar-refractivity contribution is 5.98. The Morgan fingerprint density at radius 3 is 2.14 bits per heavy atom. The van der Waals surface area contributed by atoms with E-state index in [1.54, 1.807) is 12.1 Å². The molecular formula is C39H47F3O7. The van der Waals surface area contributed by atoms with Crippen LogP contribution in [-0.2, 0) is 18.9 Å². The van der Waals surface area contributed by atoms with Crippen molar-refractivity contribution in [1.29, 1.82) is 0 Å². The van der Waals surface area contributed by atoms with E-state index in [1.807, 2.05) is 61.5 Å². The van der Waals surface area contributed by atoms with Crippen LogP contribution in [0.5, 0.6) is 5.75 Å². The number of unbranched alkanes of at least 4 members (excludes halogenated alkanes) is 6. The van der Waals surface area contributed by atoms with Gasteiger partial charge < -0.3 is 23.7 Å². The van der Waals surface area contributed by atoms with Gasteiger partial charge in [-0.25, -0.2) is 9.59 Å². The highest BCUT2D eigenvalue weighted by Crippen LogP contribution is 2.34. The molecule has 0 radical (unpaired) electrons. The van der Waals surface area contributed by atoms with Crippen LogP contribution >= 0.6 is 0 Å². The quantitative estimate of drug-likeness (QED) is 0.0706. The number of hydrogen-bond acceptors (Lipinski definition) is 7. The van der Waals surface area contributed by atoms with Crippen LogP contribution in [0.2, 0.25) is 0 Å². The van der Waals surface area contributed by atoms with Gasteiger partial charge in [-0.1, -0.05) is 88.1 Å². The standard InChI is InChI=1S/C39H47F3O7/c1-3-4-5-11-16-35(39(40,41)42)48-37(44)49-36(43)31-19-22-33(34(25-31)29-14-9-8-10-15-29)30-17-20-32(21-18-30)47-24-13-7-6-12-23-45-26-38(2)27-46-28-38/h8-10,14-15,17-22,25,35H,3-7,11-13,16,23-24,26-28H2,1-2H3/t35-/m0/s1. The van der Waals surface area contributed by atoms with Crippen LogP contribution in [-0.4, -0.2) is 57.4 Å². The number of alkyl halides is 3. The first-order valence-electron chi connectivity index (χ1n) is 17.2. The number of ether oxygens (including phenoxy) is 5. The van der Waals surface area contributed by atoms with Crippen molar-refractivity contribution in [3.8, 4) is 28.0 Å². The van der Waals surface area contributed by atoms with Gasteiger partial charge in [0.15, 0.2) is 0 Å². The topological polar surface area (TPSA) is 80.3 Å². The highest BCUT2D eigenvalue weighted by Gasteiger charge is 2.43. The second-order valence-corrected chi connectivity index (χ2v) is 12.9. The van der Waals surface area contributed by atoms with Crippen molar-refractivity contribution < 1.29 is 46.4 Å². The average Bonchev–Trinajstić information content (AvgIpc) is 3.08. The Morgan fingerprint density at radius 2 is 1.49 bits per heavy atom. The molecule has 1 atom stereocenters. The van der Waals surface area contributed by atoms with Gasteiger partial charge in [0.1, 0.15) is 5.75 Å². The number of benzene rings is 3. The molecule has 49 heavy (non-hydrogen) atoms. The predicted octanol–water partition coefficient (Wildman–Crippen LogP) is 10.2. The van der Waals surface area contributed by atoms with E-state index in [2.05, 4.69) is 11.7 Å². The van der Waals surface area contributed by atoms with E-state index in [0.29, 0.717) is 18.6 Å². The van der Waals surface area contributed by atoms with Crippen LogP contribution in [0.1, 0.15) is 82.0 Å². The van der Waals surface area contributed by atoms with Gasteiger partial charge in [-0.3, -0.25) is 0 Å². The van der Waals surface area contributed by atoms with Crippen molar-refractivity contribution in [2.45, 2.75) is 83.9 Å². The molecule has 3 aromatic carbocycles. The first kappa shape index (κ1) is 37.9. The Kier molecular flexibility index (Phi) is 14.5. The largest absolute Gasteiger partial charge is 0.517 e. The molecule has 1 aliphatic heterocycles. The third kappa shape index (κ3) is 12.2. The minimum absolute atomic E-state index is 0.000169. The summed E-state index contributed by atoms with van der Waals surface area (Å²) in [5.41, 5.74) is 3.34. The Balaban J connectivity index is 1.32. The molecule has 3 aromatic rings. The number of hydrogen-bond donors (Lipinski definition) is 0. The number of esters is 1. The molecule has 1 aliphatic rings. The van der Waals surface area contributed by atoms with Crippen LogP contribution in [0.15, 0.2) is 72.8 Å². The maximum absolute atomic E-state index is 13.5. The van der Waals surface area contributed by atoms with Crippen LogP contribution in [0, 0.1) is 5.41 Å². The van der Waals surface area contributed by atoms with Crippen LogP contribution in [0.4, 0.5) is 18.0 Å². The normalized spacial score (nSPS) is 14.5. The number of carbonyl (C=O) groups is 2. The van der Waals surface area contributed by atoms with Gasteiger partial charge >= 0.3 is 18.3 Å². The van der Waals surface area contributed by atoms with E-state index in [4.69, 9.17) is 18.9 Å². The minimum atomic E-state index is -4.77. The van der Waals surface area contributed by atoms with Gasteiger partial charge in [0.05, 0.1) is 32.0 Å². The molecule has 0 saturated carbocycles. The summed E-state index contributed by atoms with van der Waals surface area (Å²) in [6, 6.07) is 21.7. The lowest BCUT2D eigenvalue weighted by Crippen LogP contribution is -2.43. The molecule has 10 heteroatoms. The molecule has 0 spiro atoms. The smallest absolute Gasteiger partial charge is 0.494 e. The SMILES string of the molecule is CCCCCC[C@H](OC(=O)OC(=O)c1ccc(-c2ccc(OCCCCCCOCC3(C)COC3)cc2)c(-c2ccccc2)c1)C(F)(F)F. The van der Waals surface area contributed by atoms with Crippen molar-refractivity contribution in [1.82, 2.24) is 0 Å². The maximum atomic E-state index is 13.5. The molecule has 0 amide bonds. The average molecular weight is 685 g/mol. The number of carbonyl (C=O) groups excluding carboxylic acids is 2. The second kappa shape index (κ2) is 18.8.